The monoisotopic (exact) mass is 410 g/mol. The third-order valence-electron chi connectivity index (χ3n) is 5.38. The Hall–Kier alpha value is -0.400. The van der Waals surface area contributed by atoms with Gasteiger partial charge in [0.2, 0.25) is 0 Å². The van der Waals surface area contributed by atoms with E-state index in [0.29, 0.717) is 0 Å². The van der Waals surface area contributed by atoms with E-state index in [-0.39, 0.29) is 18.8 Å². The molecule has 0 aromatic rings. The highest BCUT2D eigenvalue weighted by atomic mass is 16.8. The Morgan fingerprint density at radius 2 is 1.11 bits per heavy atom. The molecular weight excluding hydrogens is 376 g/mol. The highest BCUT2D eigenvalue weighted by molar-refractivity contribution is 4.95. The van der Waals surface area contributed by atoms with Crippen molar-refractivity contribution in [3.05, 3.63) is 0 Å². The van der Waals surface area contributed by atoms with Gasteiger partial charge in [-0.05, 0) is 6.92 Å². The zero-order valence-electron chi connectivity index (χ0n) is 17.6. The van der Waals surface area contributed by atoms with Crippen LogP contribution in [0, 0.1) is 0 Å². The largest absolute Gasteiger partial charge is 0.394 e. The van der Waals surface area contributed by atoms with E-state index in [1.165, 1.54) is 21.3 Å². The van der Waals surface area contributed by atoms with Crippen LogP contribution in [0.3, 0.4) is 0 Å². The van der Waals surface area contributed by atoms with Crippen molar-refractivity contribution in [1.29, 1.82) is 0 Å². The summed E-state index contributed by atoms with van der Waals surface area (Å²) < 4.78 is 51.3. The van der Waals surface area contributed by atoms with Gasteiger partial charge in [0.1, 0.15) is 42.7 Å². The van der Waals surface area contributed by atoms with Crippen LogP contribution in [0.5, 0.6) is 0 Å². The highest BCUT2D eigenvalue weighted by Crippen LogP contribution is 2.33. The van der Waals surface area contributed by atoms with E-state index in [9.17, 15) is 5.11 Å². The fraction of sp³-hybridized carbons (Fsp3) is 1.00. The molecule has 0 bridgehead atoms. The normalized spacial score (nSPS) is 44.6. The number of aliphatic hydroxyl groups is 1. The van der Waals surface area contributed by atoms with Crippen molar-refractivity contribution in [2.75, 3.05) is 49.3 Å². The molecule has 2 saturated heterocycles. The lowest BCUT2D eigenvalue weighted by Gasteiger charge is -2.48. The average Bonchev–Trinajstić information content (AvgIpc) is 2.72. The zero-order chi connectivity index (χ0) is 20.8. The van der Waals surface area contributed by atoms with E-state index in [1.807, 2.05) is 6.92 Å². The fourth-order valence-electron chi connectivity index (χ4n) is 3.97. The lowest BCUT2D eigenvalue weighted by atomic mass is 9.96. The molecule has 10 heteroatoms. The van der Waals surface area contributed by atoms with Crippen molar-refractivity contribution in [1.82, 2.24) is 0 Å². The molecule has 166 valence electrons. The molecule has 0 unspecified atom stereocenters. The summed E-state index contributed by atoms with van der Waals surface area (Å²) >= 11 is 0. The van der Waals surface area contributed by atoms with Crippen LogP contribution >= 0.6 is 0 Å². The van der Waals surface area contributed by atoms with Gasteiger partial charge in [-0.3, -0.25) is 0 Å². The zero-order valence-corrected chi connectivity index (χ0v) is 17.6. The minimum atomic E-state index is -0.798. The van der Waals surface area contributed by atoms with E-state index < -0.39 is 49.2 Å². The van der Waals surface area contributed by atoms with Crippen molar-refractivity contribution < 1.29 is 47.7 Å². The van der Waals surface area contributed by atoms with Crippen LogP contribution in [0.1, 0.15) is 6.92 Å². The molecule has 0 aliphatic carbocycles. The number of aliphatic hydroxyl groups excluding tert-OH is 1. The van der Waals surface area contributed by atoms with Crippen LogP contribution in [0.25, 0.3) is 0 Å². The Kier molecular flexibility index (Phi) is 9.48. The van der Waals surface area contributed by atoms with E-state index in [0.717, 1.165) is 0 Å². The third kappa shape index (κ3) is 4.67. The van der Waals surface area contributed by atoms with Crippen molar-refractivity contribution >= 4 is 0 Å². The molecule has 0 aromatic carbocycles. The van der Waals surface area contributed by atoms with Crippen LogP contribution in [-0.4, -0.2) is 116 Å². The van der Waals surface area contributed by atoms with Crippen molar-refractivity contribution in [3.63, 3.8) is 0 Å². The van der Waals surface area contributed by atoms with Gasteiger partial charge in [0.05, 0.1) is 12.7 Å². The summed E-state index contributed by atoms with van der Waals surface area (Å²) in [5.41, 5.74) is 0. The second-order valence-electron chi connectivity index (χ2n) is 6.77. The molecule has 0 amide bonds. The first kappa shape index (κ1) is 23.9. The minimum absolute atomic E-state index is 0.296. The topological polar surface area (TPSA) is 103 Å². The van der Waals surface area contributed by atoms with Crippen LogP contribution in [-0.2, 0) is 42.6 Å². The van der Waals surface area contributed by atoms with Crippen molar-refractivity contribution in [2.45, 2.75) is 68.3 Å². The summed E-state index contributed by atoms with van der Waals surface area (Å²) in [6, 6.07) is 0. The van der Waals surface area contributed by atoms with Gasteiger partial charge in [0, 0.05) is 42.7 Å². The van der Waals surface area contributed by atoms with Gasteiger partial charge in [-0.2, -0.15) is 0 Å². The van der Waals surface area contributed by atoms with Gasteiger partial charge in [0.15, 0.2) is 12.6 Å². The van der Waals surface area contributed by atoms with Gasteiger partial charge in [-0.15, -0.1) is 0 Å². The Morgan fingerprint density at radius 1 is 0.607 bits per heavy atom. The second-order valence-corrected chi connectivity index (χ2v) is 6.77. The lowest BCUT2D eigenvalue weighted by Crippen LogP contribution is -2.65. The van der Waals surface area contributed by atoms with Gasteiger partial charge in [-0.25, -0.2) is 0 Å². The molecule has 28 heavy (non-hydrogen) atoms. The third-order valence-corrected chi connectivity index (χ3v) is 5.38. The first-order valence-corrected chi connectivity index (χ1v) is 9.25. The number of methoxy groups -OCH3 is 6. The standard InChI is InChI=1S/C18H34O10/c1-9-11(20-2)13(21-3)16(24-6)18(26-9)28-12-10(8-19)27-17(25-7)15(23-5)14(12)22-4/h9-19H,8H2,1-7H3/t9-,10+,11-,12+,13-,14-,15+,16-,17-,18+/m0/s1. The van der Waals surface area contributed by atoms with Crippen LogP contribution in [0.4, 0.5) is 0 Å². The number of ether oxygens (including phenoxy) is 9. The van der Waals surface area contributed by atoms with E-state index in [2.05, 4.69) is 0 Å². The molecule has 2 fully saturated rings. The quantitative estimate of drug-likeness (QED) is 0.538. The number of hydrogen-bond donors (Lipinski definition) is 1. The Balaban J connectivity index is 2.26. The van der Waals surface area contributed by atoms with Gasteiger partial charge >= 0.3 is 0 Å². The predicted molar refractivity (Wildman–Crippen MR) is 95.9 cm³/mol. The summed E-state index contributed by atoms with van der Waals surface area (Å²) in [6.45, 7) is 1.57. The summed E-state index contributed by atoms with van der Waals surface area (Å²) in [7, 11) is 9.30. The molecule has 2 aliphatic rings. The summed E-state index contributed by atoms with van der Waals surface area (Å²) in [5.74, 6) is 0. The summed E-state index contributed by atoms with van der Waals surface area (Å²) in [5, 5.41) is 9.86. The summed E-state index contributed by atoms with van der Waals surface area (Å²) in [4.78, 5) is 0. The lowest BCUT2D eigenvalue weighted by molar-refractivity contribution is -0.362. The van der Waals surface area contributed by atoms with Crippen molar-refractivity contribution in [2.24, 2.45) is 0 Å². The first-order valence-electron chi connectivity index (χ1n) is 9.25. The van der Waals surface area contributed by atoms with Crippen LogP contribution in [0.15, 0.2) is 0 Å². The molecule has 10 nitrogen and oxygen atoms in total. The molecule has 2 aliphatic heterocycles. The fourth-order valence-corrected chi connectivity index (χ4v) is 3.97. The smallest absolute Gasteiger partial charge is 0.187 e. The van der Waals surface area contributed by atoms with Gasteiger partial charge < -0.3 is 47.7 Å². The molecule has 0 saturated carbocycles. The molecule has 2 heterocycles. The van der Waals surface area contributed by atoms with E-state index in [4.69, 9.17) is 42.6 Å². The van der Waals surface area contributed by atoms with Crippen LogP contribution < -0.4 is 0 Å². The summed E-state index contributed by atoms with van der Waals surface area (Å²) in [6.07, 6.45) is -5.65. The first-order chi connectivity index (χ1) is 13.5. The maximum Gasteiger partial charge on any atom is 0.187 e. The highest BCUT2D eigenvalue weighted by Gasteiger charge is 2.52. The molecule has 0 aromatic heterocycles. The minimum Gasteiger partial charge on any atom is -0.394 e. The van der Waals surface area contributed by atoms with E-state index >= 15 is 0 Å². The SMILES string of the molecule is CO[C@H]1O[C@H](CO)[C@@H](O[C@H]2O[C@@H](C)[C@H](OC)[C@H](OC)[C@@H]2OC)[C@H](OC)[C@H]1OC. The molecule has 0 radical (unpaired) electrons. The maximum atomic E-state index is 9.86. The van der Waals surface area contributed by atoms with Gasteiger partial charge in [-0.1, -0.05) is 0 Å². The number of rotatable bonds is 9. The molecule has 0 spiro atoms. The van der Waals surface area contributed by atoms with E-state index in [1.54, 1.807) is 21.3 Å². The molecule has 2 rings (SSSR count). The number of hydrogen-bond acceptors (Lipinski definition) is 10. The van der Waals surface area contributed by atoms with Crippen molar-refractivity contribution in [3.8, 4) is 0 Å². The maximum absolute atomic E-state index is 9.86. The Labute approximate surface area is 166 Å². The Morgan fingerprint density at radius 3 is 1.57 bits per heavy atom. The average molecular weight is 410 g/mol. The van der Waals surface area contributed by atoms with Gasteiger partial charge in [0.25, 0.3) is 0 Å². The molecule has 1 N–H and O–H groups in total. The molecule has 10 atom stereocenters. The molecular formula is C18H34O10. The van der Waals surface area contributed by atoms with Crippen LogP contribution in [0.2, 0.25) is 0 Å². The predicted octanol–water partition coefficient (Wildman–Crippen LogP) is -0.445. The second kappa shape index (κ2) is 11.1. The Bertz CT molecular complexity index is 452.